The Kier molecular flexibility index (Phi) is 18.5. The topological polar surface area (TPSA) is 58.5 Å². The van der Waals surface area contributed by atoms with E-state index in [9.17, 15) is 0 Å². The van der Waals surface area contributed by atoms with Gasteiger partial charge < -0.3 is 15.4 Å². The van der Waals surface area contributed by atoms with E-state index in [-0.39, 0.29) is 0 Å². The molecule has 0 bridgehead atoms. The number of hydrogen-bond donors (Lipinski definition) is 2. The molecule has 0 aromatic carbocycles. The number of halogens is 1. The Bertz CT molecular complexity index is 560. The highest BCUT2D eigenvalue weighted by Crippen LogP contribution is 2.16. The Balaban J connectivity index is 0.000000367. The lowest BCUT2D eigenvalue weighted by molar-refractivity contribution is 0.198. The molecule has 3 rings (SSSR count). The van der Waals surface area contributed by atoms with Crippen molar-refractivity contribution in [2.45, 2.75) is 57.9 Å². The molecular formula is C23H39ClN4O. The predicted octanol–water partition coefficient (Wildman–Crippen LogP) is 5.72. The van der Waals surface area contributed by atoms with Gasteiger partial charge in [0.25, 0.3) is 0 Å². The van der Waals surface area contributed by atoms with E-state index in [1.165, 1.54) is 57.2 Å². The van der Waals surface area contributed by atoms with E-state index < -0.39 is 0 Å². The normalized spacial score (nSPS) is 16.1. The highest BCUT2D eigenvalue weighted by Gasteiger charge is 2.09. The van der Waals surface area contributed by atoms with Crippen molar-refractivity contribution in [2.24, 2.45) is 4.99 Å². The van der Waals surface area contributed by atoms with Gasteiger partial charge >= 0.3 is 0 Å². The van der Waals surface area contributed by atoms with Gasteiger partial charge in [0.15, 0.2) is 0 Å². The number of aryl methyl sites for hydroxylation is 1. The van der Waals surface area contributed by atoms with Crippen molar-refractivity contribution < 1.29 is 4.74 Å². The summed E-state index contributed by atoms with van der Waals surface area (Å²) in [7, 11) is 3.93. The molecule has 0 spiro atoms. The average Bonchev–Trinajstić information content (AvgIpc) is 3.35. The number of aromatic nitrogens is 1. The van der Waals surface area contributed by atoms with E-state index >= 15 is 0 Å². The third-order valence-corrected chi connectivity index (χ3v) is 4.65. The number of anilines is 1. The van der Waals surface area contributed by atoms with Crippen molar-refractivity contribution in [1.82, 2.24) is 10.3 Å². The molecule has 6 heteroatoms. The van der Waals surface area contributed by atoms with Crippen molar-refractivity contribution in [1.29, 1.82) is 0 Å². The van der Waals surface area contributed by atoms with Gasteiger partial charge in [0.05, 0.1) is 5.03 Å². The monoisotopic (exact) mass is 422 g/mol. The highest BCUT2D eigenvalue weighted by molar-refractivity contribution is 6.31. The fourth-order valence-electron chi connectivity index (χ4n) is 2.72. The summed E-state index contributed by atoms with van der Waals surface area (Å²) in [6, 6.07) is 6.73. The molecule has 0 atom stereocenters. The Hall–Kier alpha value is -1.69. The number of nitrogens with one attached hydrogen (secondary N) is 2. The summed E-state index contributed by atoms with van der Waals surface area (Å²) in [4.78, 5) is 7.57. The van der Waals surface area contributed by atoms with Crippen LogP contribution in [0.3, 0.4) is 0 Å². The zero-order valence-corrected chi connectivity index (χ0v) is 19.2. The molecule has 2 aliphatic rings. The number of rotatable bonds is 4. The molecule has 2 heterocycles. The van der Waals surface area contributed by atoms with Crippen molar-refractivity contribution in [3.63, 3.8) is 0 Å². The van der Waals surface area contributed by atoms with Crippen molar-refractivity contribution in [2.75, 3.05) is 32.6 Å². The smallest absolute Gasteiger partial charge is 0.125 e. The lowest BCUT2D eigenvalue weighted by atomic mass is 9.96. The van der Waals surface area contributed by atoms with Crippen molar-refractivity contribution in [3.8, 4) is 0 Å². The van der Waals surface area contributed by atoms with Crippen LogP contribution in [-0.4, -0.2) is 45.1 Å². The van der Waals surface area contributed by atoms with Crippen LogP contribution in [0.2, 0.25) is 0 Å². The lowest BCUT2D eigenvalue weighted by Gasteiger charge is -2.20. The summed E-state index contributed by atoms with van der Waals surface area (Å²) in [6.45, 7) is 10.6. The largest absolute Gasteiger partial charge is 0.381 e. The fraction of sp³-hybridized carbons (Fsp3) is 0.565. The molecule has 1 saturated carbocycles. The van der Waals surface area contributed by atoms with Gasteiger partial charge in [-0.3, -0.25) is 4.99 Å². The molecule has 1 aliphatic heterocycles. The minimum absolute atomic E-state index is 0.509. The first-order valence-corrected chi connectivity index (χ1v) is 10.8. The number of hydrogen-bond acceptors (Lipinski definition) is 5. The summed E-state index contributed by atoms with van der Waals surface area (Å²) in [6.07, 6.45) is 12.6. The highest BCUT2D eigenvalue weighted by atomic mass is 35.5. The maximum absolute atomic E-state index is 5.37. The zero-order valence-electron chi connectivity index (χ0n) is 18.4. The summed E-state index contributed by atoms with van der Waals surface area (Å²) in [5.41, 5.74) is 1.04. The van der Waals surface area contributed by atoms with Crippen LogP contribution in [0.15, 0.2) is 47.1 Å². The maximum Gasteiger partial charge on any atom is 0.125 e. The van der Waals surface area contributed by atoms with E-state index in [1.807, 2.05) is 32.2 Å². The molecule has 1 aromatic heterocycles. The fourth-order valence-corrected chi connectivity index (χ4v) is 2.79. The molecule has 1 aliphatic carbocycles. The molecule has 5 nitrogen and oxygen atoms in total. The first-order chi connectivity index (χ1) is 14.1. The van der Waals surface area contributed by atoms with Gasteiger partial charge in [-0.25, -0.2) is 4.98 Å². The van der Waals surface area contributed by atoms with Crippen LogP contribution in [0.5, 0.6) is 0 Å². The maximum atomic E-state index is 5.37. The molecule has 2 N–H and O–H groups in total. The molecular weight excluding hydrogens is 384 g/mol. The Morgan fingerprint density at radius 3 is 2.14 bits per heavy atom. The second-order valence-corrected chi connectivity index (χ2v) is 7.19. The second kappa shape index (κ2) is 19.6. The molecule has 0 amide bonds. The van der Waals surface area contributed by atoms with Crippen LogP contribution < -0.4 is 10.6 Å². The van der Waals surface area contributed by atoms with Gasteiger partial charge in [0.1, 0.15) is 5.82 Å². The Labute approximate surface area is 182 Å². The standard InChI is InChI=1S/C7H10N2.C7H15N.C5H6ClN.C4H8O/c1-6-4-3-5-7(8-2)9-6;1-8-7-5-3-2-4-6-7;1-3-5(6)4-7-2;1-2-4-5-3-1/h3-5H,1-2H3,(H,8,9);7-8H,2-6H2,1H3;3-4H,1-2H2;1-4H2/b;;5-4+;. The van der Waals surface area contributed by atoms with Gasteiger partial charge in [0.2, 0.25) is 0 Å². The molecule has 0 unspecified atom stereocenters. The van der Waals surface area contributed by atoms with Crippen LogP contribution in [0, 0.1) is 6.92 Å². The van der Waals surface area contributed by atoms with Gasteiger partial charge in [-0.05, 0) is 64.6 Å². The Morgan fingerprint density at radius 2 is 1.83 bits per heavy atom. The minimum Gasteiger partial charge on any atom is -0.381 e. The SMILES string of the molecule is C1CCOC1.C=C/C(Cl)=C\N=C.CNC1CCCCC1.CNc1cccc(C)n1. The molecule has 29 heavy (non-hydrogen) atoms. The summed E-state index contributed by atoms with van der Waals surface area (Å²) in [5.74, 6) is 0.926. The number of ether oxygens (including phenoxy) is 1. The Morgan fingerprint density at radius 1 is 1.17 bits per heavy atom. The van der Waals surface area contributed by atoms with E-state index in [0.717, 1.165) is 30.8 Å². The molecule has 0 radical (unpaired) electrons. The van der Waals surface area contributed by atoms with Gasteiger partial charge in [0, 0.05) is 38.2 Å². The van der Waals surface area contributed by atoms with Crippen LogP contribution in [0.25, 0.3) is 0 Å². The number of pyridine rings is 1. The predicted molar refractivity (Wildman–Crippen MR) is 128 cm³/mol. The third kappa shape index (κ3) is 16.9. The number of allylic oxidation sites excluding steroid dienone is 2. The third-order valence-electron chi connectivity index (χ3n) is 4.39. The first kappa shape index (κ1) is 27.3. The number of aliphatic imine (C=N–C) groups is 1. The average molecular weight is 423 g/mol. The molecule has 1 saturated heterocycles. The lowest BCUT2D eigenvalue weighted by Crippen LogP contribution is -2.26. The van der Waals surface area contributed by atoms with E-state index in [0.29, 0.717) is 5.03 Å². The van der Waals surface area contributed by atoms with Gasteiger partial charge in [-0.1, -0.05) is 43.5 Å². The van der Waals surface area contributed by atoms with E-state index in [4.69, 9.17) is 16.3 Å². The minimum atomic E-state index is 0.509. The first-order valence-electron chi connectivity index (χ1n) is 10.4. The summed E-state index contributed by atoms with van der Waals surface area (Å²) >= 11 is 5.37. The quantitative estimate of drug-likeness (QED) is 0.481. The van der Waals surface area contributed by atoms with Crippen LogP contribution in [-0.2, 0) is 4.74 Å². The van der Waals surface area contributed by atoms with Gasteiger partial charge in [-0.15, -0.1) is 0 Å². The molecule has 1 aromatic rings. The zero-order chi connectivity index (χ0) is 21.7. The van der Waals surface area contributed by atoms with Crippen LogP contribution in [0.4, 0.5) is 5.82 Å². The summed E-state index contributed by atoms with van der Waals surface area (Å²) < 4.78 is 4.94. The molecule has 2 fully saturated rings. The van der Waals surface area contributed by atoms with E-state index in [1.54, 1.807) is 0 Å². The molecule has 164 valence electrons. The second-order valence-electron chi connectivity index (χ2n) is 6.76. The van der Waals surface area contributed by atoms with Crippen LogP contribution in [0.1, 0.15) is 50.6 Å². The van der Waals surface area contributed by atoms with Gasteiger partial charge in [-0.2, -0.15) is 0 Å². The van der Waals surface area contributed by atoms with E-state index in [2.05, 4.69) is 41.0 Å². The number of nitrogens with zero attached hydrogens (tertiary/aromatic N) is 2. The van der Waals surface area contributed by atoms with Crippen LogP contribution >= 0.6 is 11.6 Å². The summed E-state index contributed by atoms with van der Waals surface area (Å²) in [5, 5.41) is 6.77. The van der Waals surface area contributed by atoms with Crippen molar-refractivity contribution in [3.05, 3.63) is 47.8 Å². The van der Waals surface area contributed by atoms with Crippen molar-refractivity contribution >= 4 is 24.1 Å².